The average Bonchev–Trinajstić information content (AvgIpc) is 3.82. The molecule has 0 aliphatic carbocycles. The van der Waals surface area contributed by atoms with Crippen molar-refractivity contribution >= 4 is 21.8 Å². The Hall–Kier alpha value is -9.70. The first-order chi connectivity index (χ1) is 36.1. The minimum Gasteiger partial charge on any atom is -0.309 e. The fourth-order valence-corrected chi connectivity index (χ4v) is 10.3. The number of rotatable bonds is 10. The first-order valence-corrected chi connectivity index (χ1v) is 24.9. The molecule has 2 heterocycles. The summed E-state index contributed by atoms with van der Waals surface area (Å²) < 4.78 is 2.36. The molecular formula is C70H47N3. The second-order valence-electron chi connectivity index (χ2n) is 18.6. The minimum absolute atomic E-state index is 0.666. The quantitative estimate of drug-likeness (QED) is 0.137. The molecule has 0 radical (unpaired) electrons. The van der Waals surface area contributed by atoms with Gasteiger partial charge in [0.2, 0.25) is 0 Å². The largest absolute Gasteiger partial charge is 0.309 e. The summed E-state index contributed by atoms with van der Waals surface area (Å²) in [6, 6.07) is 102. The van der Waals surface area contributed by atoms with Crippen LogP contribution in [-0.2, 0) is 0 Å². The maximum absolute atomic E-state index is 5.39. The molecular weight excluding hydrogens is 883 g/mol. The normalized spacial score (nSPS) is 11.3. The van der Waals surface area contributed by atoms with Gasteiger partial charge in [-0.2, -0.15) is 0 Å². The zero-order valence-corrected chi connectivity index (χ0v) is 40.0. The van der Waals surface area contributed by atoms with Crippen LogP contribution in [0.3, 0.4) is 0 Å². The number of aromatic nitrogens is 3. The molecule has 0 amide bonds. The maximum atomic E-state index is 5.39. The number of para-hydroxylation sites is 2. The van der Waals surface area contributed by atoms with E-state index in [4.69, 9.17) is 9.97 Å². The second kappa shape index (κ2) is 18.9. The van der Waals surface area contributed by atoms with Crippen molar-refractivity contribution in [3.8, 4) is 106 Å². The molecule has 11 aromatic carbocycles. The van der Waals surface area contributed by atoms with Gasteiger partial charge in [-0.1, -0.05) is 224 Å². The third-order valence-corrected chi connectivity index (χ3v) is 14.0. The number of hydrogen-bond acceptors (Lipinski definition) is 2. The van der Waals surface area contributed by atoms with Crippen LogP contribution in [0.25, 0.3) is 128 Å². The van der Waals surface area contributed by atoms with E-state index in [2.05, 4.69) is 290 Å². The zero-order chi connectivity index (χ0) is 48.5. The van der Waals surface area contributed by atoms with Crippen LogP contribution in [0.5, 0.6) is 0 Å². The Morgan fingerprint density at radius 1 is 0.205 bits per heavy atom. The first kappa shape index (κ1) is 43.3. The van der Waals surface area contributed by atoms with Crippen LogP contribution in [-0.4, -0.2) is 14.5 Å². The van der Waals surface area contributed by atoms with Gasteiger partial charge in [0.1, 0.15) is 0 Å². The monoisotopic (exact) mass is 929 g/mol. The van der Waals surface area contributed by atoms with Gasteiger partial charge in [0, 0.05) is 33.2 Å². The van der Waals surface area contributed by atoms with E-state index < -0.39 is 0 Å². The second-order valence-corrected chi connectivity index (χ2v) is 18.6. The summed E-state index contributed by atoms with van der Waals surface area (Å²) in [7, 11) is 0. The van der Waals surface area contributed by atoms with Crippen molar-refractivity contribution in [2.45, 2.75) is 0 Å². The van der Waals surface area contributed by atoms with Gasteiger partial charge in [-0.15, -0.1) is 0 Å². The lowest BCUT2D eigenvalue weighted by Gasteiger charge is -2.13. The van der Waals surface area contributed by atoms with E-state index in [1.165, 1.54) is 66.3 Å². The number of hydrogen-bond donors (Lipinski definition) is 0. The van der Waals surface area contributed by atoms with E-state index >= 15 is 0 Å². The highest BCUT2D eigenvalue weighted by Crippen LogP contribution is 2.37. The molecule has 2 aromatic heterocycles. The lowest BCUT2D eigenvalue weighted by atomic mass is 9.95. The summed E-state index contributed by atoms with van der Waals surface area (Å²) in [4.78, 5) is 10.8. The van der Waals surface area contributed by atoms with Crippen molar-refractivity contribution in [3.63, 3.8) is 0 Å². The van der Waals surface area contributed by atoms with Crippen molar-refractivity contribution in [1.29, 1.82) is 0 Å². The molecule has 3 heteroatoms. The number of benzene rings is 11. The van der Waals surface area contributed by atoms with Crippen molar-refractivity contribution in [3.05, 3.63) is 285 Å². The van der Waals surface area contributed by atoms with Gasteiger partial charge in [-0.3, -0.25) is 0 Å². The third-order valence-electron chi connectivity index (χ3n) is 14.0. The van der Waals surface area contributed by atoms with Crippen LogP contribution in [0.1, 0.15) is 0 Å². The van der Waals surface area contributed by atoms with E-state index in [9.17, 15) is 0 Å². The maximum Gasteiger partial charge on any atom is 0.160 e. The van der Waals surface area contributed by atoms with Crippen molar-refractivity contribution in [2.24, 2.45) is 0 Å². The van der Waals surface area contributed by atoms with Crippen LogP contribution in [0.4, 0.5) is 0 Å². The summed E-state index contributed by atoms with van der Waals surface area (Å²) in [6.45, 7) is 0. The molecule has 0 aliphatic rings. The Morgan fingerprint density at radius 2 is 0.507 bits per heavy atom. The standard InChI is InChI=1S/C70H47N3/c1-3-17-48(18-4-1)52-21-11-25-56(41-52)57-26-13-23-54(43-57)50-37-39-51(40-38-50)55-24-14-29-60(44-55)66-47-67(61-30-16-32-63(46-61)73-68-35-9-7-33-64(68)65-34-8-10-36-69(65)73)72-70(71-66)62-31-15-28-59(45-62)58-27-12-22-53(42-58)49-19-5-2-6-20-49/h1-47H. The predicted molar refractivity (Wildman–Crippen MR) is 305 cm³/mol. The van der Waals surface area contributed by atoms with Crippen LogP contribution < -0.4 is 0 Å². The predicted octanol–water partition coefficient (Wildman–Crippen LogP) is 18.6. The highest BCUT2D eigenvalue weighted by Gasteiger charge is 2.16. The molecule has 0 bridgehead atoms. The first-order valence-electron chi connectivity index (χ1n) is 24.9. The Bertz CT molecular complexity index is 4080. The van der Waals surface area contributed by atoms with E-state index in [1.54, 1.807) is 0 Å². The van der Waals surface area contributed by atoms with Crippen LogP contribution >= 0.6 is 0 Å². The van der Waals surface area contributed by atoms with Gasteiger partial charge in [-0.05, 0) is 127 Å². The topological polar surface area (TPSA) is 30.7 Å². The summed E-state index contributed by atoms with van der Waals surface area (Å²) in [5.41, 5.74) is 22.1. The molecule has 342 valence electrons. The Balaban J connectivity index is 0.874. The molecule has 0 unspecified atom stereocenters. The molecule has 0 spiro atoms. The molecule has 73 heavy (non-hydrogen) atoms. The Morgan fingerprint density at radius 3 is 0.959 bits per heavy atom. The van der Waals surface area contributed by atoms with Gasteiger partial charge in [0.15, 0.2) is 5.82 Å². The van der Waals surface area contributed by atoms with Gasteiger partial charge in [0.05, 0.1) is 22.4 Å². The lowest BCUT2D eigenvalue weighted by Crippen LogP contribution is -1.98. The molecule has 0 fully saturated rings. The van der Waals surface area contributed by atoms with Crippen LogP contribution in [0.2, 0.25) is 0 Å². The number of nitrogens with zero attached hydrogens (tertiary/aromatic N) is 3. The molecule has 13 aromatic rings. The molecule has 0 aliphatic heterocycles. The van der Waals surface area contributed by atoms with E-state index in [0.717, 1.165) is 56.0 Å². The summed E-state index contributed by atoms with van der Waals surface area (Å²) in [5.74, 6) is 0.666. The van der Waals surface area contributed by atoms with E-state index in [1.807, 2.05) is 0 Å². The highest BCUT2D eigenvalue weighted by molar-refractivity contribution is 6.09. The highest BCUT2D eigenvalue weighted by atomic mass is 15.0. The molecule has 3 nitrogen and oxygen atoms in total. The average molecular weight is 930 g/mol. The van der Waals surface area contributed by atoms with Gasteiger partial charge in [-0.25, -0.2) is 9.97 Å². The Labute approximate surface area is 425 Å². The minimum atomic E-state index is 0.666. The molecule has 0 atom stereocenters. The summed E-state index contributed by atoms with van der Waals surface area (Å²) in [5, 5.41) is 2.46. The fourth-order valence-electron chi connectivity index (χ4n) is 10.3. The smallest absolute Gasteiger partial charge is 0.160 e. The van der Waals surface area contributed by atoms with E-state index in [0.29, 0.717) is 5.82 Å². The van der Waals surface area contributed by atoms with Crippen molar-refractivity contribution < 1.29 is 0 Å². The van der Waals surface area contributed by atoms with Gasteiger partial charge < -0.3 is 4.57 Å². The van der Waals surface area contributed by atoms with E-state index in [-0.39, 0.29) is 0 Å². The van der Waals surface area contributed by atoms with Gasteiger partial charge in [0.25, 0.3) is 0 Å². The SMILES string of the molecule is c1ccc(-c2cccc(-c3cccc(-c4ccc(-c5cccc(-c6cc(-c7cccc(-n8c9ccccc9c9ccccc98)c7)nc(-c7cccc(-c8cccc(-c9ccccc9)c8)c7)n6)c5)cc4)c3)c2)cc1. The fraction of sp³-hybridized carbons (Fsp3) is 0. The van der Waals surface area contributed by atoms with Crippen LogP contribution in [0, 0.1) is 0 Å². The summed E-state index contributed by atoms with van der Waals surface area (Å²) >= 11 is 0. The lowest BCUT2D eigenvalue weighted by molar-refractivity contribution is 1.16. The van der Waals surface area contributed by atoms with Crippen molar-refractivity contribution in [2.75, 3.05) is 0 Å². The van der Waals surface area contributed by atoms with Crippen molar-refractivity contribution in [1.82, 2.24) is 14.5 Å². The summed E-state index contributed by atoms with van der Waals surface area (Å²) in [6.07, 6.45) is 0. The van der Waals surface area contributed by atoms with Crippen LogP contribution in [0.15, 0.2) is 285 Å². The third kappa shape index (κ3) is 8.60. The Kier molecular flexibility index (Phi) is 11.2. The molecule has 0 N–H and O–H groups in total. The molecule has 0 saturated carbocycles. The molecule has 0 saturated heterocycles. The number of fused-ring (bicyclic) bond motifs is 3. The zero-order valence-electron chi connectivity index (χ0n) is 40.0. The van der Waals surface area contributed by atoms with Gasteiger partial charge >= 0.3 is 0 Å². The molecule has 13 rings (SSSR count).